The molecule has 0 aliphatic carbocycles. The average molecular weight is 414 g/mol. The Bertz CT molecular complexity index is 779. The summed E-state index contributed by atoms with van der Waals surface area (Å²) in [6, 6.07) is 16.5. The Morgan fingerprint density at radius 1 is 1.10 bits per heavy atom. The van der Waals surface area contributed by atoms with Crippen molar-refractivity contribution in [2.75, 3.05) is 39.4 Å². The Balaban J connectivity index is 1.62. The summed E-state index contributed by atoms with van der Waals surface area (Å²) in [6.07, 6.45) is 0. The van der Waals surface area contributed by atoms with Crippen molar-refractivity contribution in [2.45, 2.75) is 32.5 Å². The third-order valence-corrected chi connectivity index (χ3v) is 5.57. The van der Waals surface area contributed by atoms with E-state index in [0.29, 0.717) is 13.1 Å². The van der Waals surface area contributed by atoms with Gasteiger partial charge in [0.25, 0.3) is 0 Å². The summed E-state index contributed by atoms with van der Waals surface area (Å²) in [4.78, 5) is 17.4. The highest BCUT2D eigenvalue weighted by atomic mass is 19.1. The van der Waals surface area contributed by atoms with E-state index in [2.05, 4.69) is 34.2 Å². The molecule has 1 heterocycles. The van der Waals surface area contributed by atoms with Crippen molar-refractivity contribution in [1.82, 2.24) is 15.1 Å². The van der Waals surface area contributed by atoms with E-state index in [4.69, 9.17) is 4.74 Å². The minimum Gasteiger partial charge on any atom is -0.379 e. The topological polar surface area (TPSA) is 44.8 Å². The minimum atomic E-state index is -0.275. The summed E-state index contributed by atoms with van der Waals surface area (Å²) in [5.41, 5.74) is 2.08. The number of halogens is 1. The van der Waals surface area contributed by atoms with Crippen LogP contribution in [0.4, 0.5) is 4.39 Å². The smallest absolute Gasteiger partial charge is 0.234 e. The maximum absolute atomic E-state index is 13.2. The van der Waals surface area contributed by atoms with Gasteiger partial charge in [-0.1, -0.05) is 42.5 Å². The molecule has 1 amide bonds. The number of nitrogens with zero attached hydrogens (tertiary/aromatic N) is 2. The average Bonchev–Trinajstić information content (AvgIpc) is 2.75. The molecule has 5 nitrogen and oxygen atoms in total. The maximum Gasteiger partial charge on any atom is 0.234 e. The lowest BCUT2D eigenvalue weighted by atomic mass is 10.1. The molecule has 3 rings (SSSR count). The maximum atomic E-state index is 13.2. The van der Waals surface area contributed by atoms with E-state index >= 15 is 0 Å². The summed E-state index contributed by atoms with van der Waals surface area (Å²) < 4.78 is 18.6. The van der Waals surface area contributed by atoms with Crippen molar-refractivity contribution < 1.29 is 13.9 Å². The number of nitrogens with one attached hydrogen (secondary N) is 1. The zero-order chi connectivity index (χ0) is 21.3. The highest BCUT2D eigenvalue weighted by Gasteiger charge is 2.22. The van der Waals surface area contributed by atoms with Crippen molar-refractivity contribution in [3.05, 3.63) is 71.5 Å². The van der Waals surface area contributed by atoms with E-state index < -0.39 is 0 Å². The number of carbonyl (C=O) groups is 1. The van der Waals surface area contributed by atoms with Gasteiger partial charge in [-0.25, -0.2) is 4.39 Å². The van der Waals surface area contributed by atoms with Crippen molar-refractivity contribution in [3.63, 3.8) is 0 Å². The quantitative estimate of drug-likeness (QED) is 0.686. The Labute approximate surface area is 178 Å². The molecule has 0 spiro atoms. The van der Waals surface area contributed by atoms with Gasteiger partial charge in [0.2, 0.25) is 5.91 Å². The van der Waals surface area contributed by atoms with Gasteiger partial charge in [-0.2, -0.15) is 0 Å². The van der Waals surface area contributed by atoms with E-state index in [1.54, 1.807) is 12.1 Å². The van der Waals surface area contributed by atoms with E-state index in [9.17, 15) is 9.18 Å². The van der Waals surface area contributed by atoms with Crippen LogP contribution < -0.4 is 5.32 Å². The number of hydrogen-bond acceptors (Lipinski definition) is 4. The van der Waals surface area contributed by atoms with Gasteiger partial charge in [-0.05, 0) is 37.1 Å². The van der Waals surface area contributed by atoms with Crippen molar-refractivity contribution >= 4 is 5.91 Å². The fourth-order valence-electron chi connectivity index (χ4n) is 3.76. The number of hydrogen-bond donors (Lipinski definition) is 1. The molecule has 0 radical (unpaired) electrons. The summed E-state index contributed by atoms with van der Waals surface area (Å²) >= 11 is 0. The molecular weight excluding hydrogens is 381 g/mol. The molecule has 0 aromatic heterocycles. The fourth-order valence-corrected chi connectivity index (χ4v) is 3.76. The lowest BCUT2D eigenvalue weighted by molar-refractivity contribution is -0.123. The van der Waals surface area contributed by atoms with Crippen LogP contribution in [0.3, 0.4) is 0 Å². The lowest BCUT2D eigenvalue weighted by Crippen LogP contribution is -2.48. The van der Waals surface area contributed by atoms with Gasteiger partial charge >= 0.3 is 0 Å². The number of rotatable bonds is 9. The van der Waals surface area contributed by atoms with Crippen molar-refractivity contribution in [3.8, 4) is 0 Å². The van der Waals surface area contributed by atoms with Crippen LogP contribution in [0.5, 0.6) is 0 Å². The largest absolute Gasteiger partial charge is 0.379 e. The first kappa shape index (κ1) is 22.4. The number of carbonyl (C=O) groups excluding carboxylic acids is 1. The molecule has 1 saturated heterocycles. The number of morpholine rings is 1. The van der Waals surface area contributed by atoms with E-state index in [1.165, 1.54) is 17.7 Å². The molecule has 1 fully saturated rings. The van der Waals surface area contributed by atoms with Gasteiger partial charge < -0.3 is 10.1 Å². The molecule has 0 saturated carbocycles. The third-order valence-electron chi connectivity index (χ3n) is 5.57. The summed E-state index contributed by atoms with van der Waals surface area (Å²) in [5.74, 6) is -0.306. The van der Waals surface area contributed by atoms with Gasteiger partial charge in [0, 0.05) is 32.2 Å². The van der Waals surface area contributed by atoms with Crippen LogP contribution in [-0.2, 0) is 16.1 Å². The van der Waals surface area contributed by atoms with Gasteiger partial charge in [0.1, 0.15) is 5.82 Å². The van der Waals surface area contributed by atoms with Gasteiger partial charge in [-0.3, -0.25) is 14.6 Å². The van der Waals surface area contributed by atoms with E-state index in [-0.39, 0.29) is 23.8 Å². The summed E-state index contributed by atoms with van der Waals surface area (Å²) in [7, 11) is 0. The monoisotopic (exact) mass is 413 g/mol. The van der Waals surface area contributed by atoms with Gasteiger partial charge in [0.15, 0.2) is 0 Å². The zero-order valence-electron chi connectivity index (χ0n) is 17.9. The van der Waals surface area contributed by atoms with Crippen LogP contribution in [0.15, 0.2) is 54.6 Å². The number of benzene rings is 2. The minimum absolute atomic E-state index is 0.0309. The summed E-state index contributed by atoms with van der Waals surface area (Å²) in [6.45, 7) is 9.41. The van der Waals surface area contributed by atoms with Crippen LogP contribution in [0.2, 0.25) is 0 Å². The second-order valence-electron chi connectivity index (χ2n) is 7.99. The first-order valence-corrected chi connectivity index (χ1v) is 10.6. The Morgan fingerprint density at radius 3 is 2.43 bits per heavy atom. The lowest BCUT2D eigenvalue weighted by Gasteiger charge is -2.35. The van der Waals surface area contributed by atoms with Gasteiger partial charge in [0.05, 0.1) is 25.8 Å². The first-order chi connectivity index (χ1) is 14.5. The SMILES string of the molecule is CC(NC(=O)CN(Cc1ccccc1)C(C)CN1CCOCC1)c1ccc(F)cc1. The van der Waals surface area contributed by atoms with Crippen LogP contribution in [0, 0.1) is 5.82 Å². The standard InChI is InChI=1S/C24H32FN3O2/c1-19(16-27-12-14-30-15-13-27)28(17-21-6-4-3-5-7-21)18-24(29)26-20(2)22-8-10-23(25)11-9-22/h3-11,19-20H,12-18H2,1-2H3,(H,26,29). The van der Waals surface area contributed by atoms with Crippen LogP contribution >= 0.6 is 0 Å². The van der Waals surface area contributed by atoms with Crippen LogP contribution in [0.1, 0.15) is 31.0 Å². The molecule has 30 heavy (non-hydrogen) atoms. The highest BCUT2D eigenvalue weighted by Crippen LogP contribution is 2.14. The molecule has 2 atom stereocenters. The third kappa shape index (κ3) is 6.90. The van der Waals surface area contributed by atoms with Crippen molar-refractivity contribution in [1.29, 1.82) is 0 Å². The molecule has 162 valence electrons. The molecule has 0 bridgehead atoms. The van der Waals surface area contributed by atoms with E-state index in [1.807, 2.05) is 25.1 Å². The molecule has 1 aliphatic heterocycles. The molecule has 2 aromatic rings. The highest BCUT2D eigenvalue weighted by molar-refractivity contribution is 5.78. The van der Waals surface area contributed by atoms with Crippen LogP contribution in [-0.4, -0.2) is 61.1 Å². The fraction of sp³-hybridized carbons (Fsp3) is 0.458. The zero-order valence-corrected chi connectivity index (χ0v) is 17.9. The number of ether oxygens (including phenoxy) is 1. The molecular formula is C24H32FN3O2. The molecule has 1 N–H and O–H groups in total. The van der Waals surface area contributed by atoms with Crippen molar-refractivity contribution in [2.24, 2.45) is 0 Å². The molecule has 6 heteroatoms. The van der Waals surface area contributed by atoms with Crippen LogP contribution in [0.25, 0.3) is 0 Å². The Hall–Kier alpha value is -2.28. The second kappa shape index (κ2) is 11.2. The predicted octanol–water partition coefficient (Wildman–Crippen LogP) is 3.23. The molecule has 2 aromatic carbocycles. The summed E-state index contributed by atoms with van der Waals surface area (Å²) in [5, 5.41) is 3.05. The normalized spacial score (nSPS) is 16.9. The Kier molecular flexibility index (Phi) is 8.37. The van der Waals surface area contributed by atoms with E-state index in [0.717, 1.165) is 38.4 Å². The Morgan fingerprint density at radius 2 is 1.77 bits per heavy atom. The molecule has 2 unspecified atom stereocenters. The van der Waals surface area contributed by atoms with Gasteiger partial charge in [-0.15, -0.1) is 0 Å². The first-order valence-electron chi connectivity index (χ1n) is 10.6. The number of amides is 1. The second-order valence-corrected chi connectivity index (χ2v) is 7.99. The molecule has 1 aliphatic rings. The predicted molar refractivity (Wildman–Crippen MR) is 117 cm³/mol.